The molecule has 0 spiro atoms. The molecule has 1 aromatic heterocycles. The number of aldehydes is 1. The Morgan fingerprint density at radius 2 is 2.19 bits per heavy atom. The van der Waals surface area contributed by atoms with Gasteiger partial charge in [0.1, 0.15) is 5.52 Å². The van der Waals surface area contributed by atoms with E-state index in [1.807, 2.05) is 0 Å². The van der Waals surface area contributed by atoms with Crippen molar-refractivity contribution in [3.8, 4) is 0 Å². The number of carbonyl (C=O) groups excluding carboxylic acids is 1. The molecule has 3 rings (SSSR count). The van der Waals surface area contributed by atoms with Crippen LogP contribution in [0.3, 0.4) is 0 Å². The number of hydrogen-bond acceptors (Lipinski definition) is 4. The summed E-state index contributed by atoms with van der Waals surface area (Å²) in [5.74, 6) is -0.560. The molecular formula is C14H7BrClFN2OS. The van der Waals surface area contributed by atoms with Gasteiger partial charge in [-0.05, 0) is 24.3 Å². The number of thiazole rings is 1. The molecule has 0 atom stereocenters. The fourth-order valence-corrected chi connectivity index (χ4v) is 3.37. The Bertz CT molecular complexity index is 852. The van der Waals surface area contributed by atoms with Crippen LogP contribution in [0.1, 0.15) is 10.4 Å². The molecule has 1 heterocycles. The van der Waals surface area contributed by atoms with Crippen molar-refractivity contribution in [2.45, 2.75) is 0 Å². The van der Waals surface area contributed by atoms with Crippen LogP contribution < -0.4 is 5.32 Å². The van der Waals surface area contributed by atoms with E-state index in [4.69, 9.17) is 11.6 Å². The zero-order valence-electron chi connectivity index (χ0n) is 10.4. The predicted molar refractivity (Wildman–Crippen MR) is 87.4 cm³/mol. The molecule has 3 aromatic rings. The molecule has 2 aromatic carbocycles. The molecule has 0 aliphatic carbocycles. The molecule has 0 saturated carbocycles. The summed E-state index contributed by atoms with van der Waals surface area (Å²) < 4.78 is 16.0. The molecule has 0 amide bonds. The van der Waals surface area contributed by atoms with Crippen LogP contribution in [0.25, 0.3) is 10.2 Å². The highest BCUT2D eigenvalue weighted by Gasteiger charge is 2.16. The Morgan fingerprint density at radius 1 is 1.38 bits per heavy atom. The third-order valence-electron chi connectivity index (χ3n) is 2.92. The van der Waals surface area contributed by atoms with E-state index in [-0.39, 0.29) is 16.8 Å². The Kier molecular flexibility index (Phi) is 3.93. The normalized spacial score (nSPS) is 10.8. The monoisotopic (exact) mass is 384 g/mol. The van der Waals surface area contributed by atoms with Crippen LogP contribution in [0.4, 0.5) is 15.8 Å². The van der Waals surface area contributed by atoms with Gasteiger partial charge in [0.2, 0.25) is 0 Å². The van der Waals surface area contributed by atoms with Crippen LogP contribution in [-0.4, -0.2) is 11.3 Å². The Hall–Kier alpha value is -1.50. The molecular weight excluding hydrogens is 379 g/mol. The molecule has 0 aliphatic heterocycles. The van der Waals surface area contributed by atoms with Crippen molar-refractivity contribution in [3.63, 3.8) is 0 Å². The summed E-state index contributed by atoms with van der Waals surface area (Å²) in [6, 6.07) is 6.77. The third kappa shape index (κ3) is 2.66. The first-order valence-electron chi connectivity index (χ1n) is 5.83. The average molecular weight is 386 g/mol. The molecule has 0 fully saturated rings. The highest BCUT2D eigenvalue weighted by molar-refractivity contribution is 9.10. The van der Waals surface area contributed by atoms with Crippen LogP contribution in [0.5, 0.6) is 0 Å². The fourth-order valence-electron chi connectivity index (χ4n) is 1.93. The molecule has 0 saturated heterocycles. The van der Waals surface area contributed by atoms with E-state index < -0.39 is 5.82 Å². The van der Waals surface area contributed by atoms with E-state index in [2.05, 4.69) is 26.2 Å². The van der Waals surface area contributed by atoms with Crippen LogP contribution in [-0.2, 0) is 0 Å². The molecule has 21 heavy (non-hydrogen) atoms. The average Bonchev–Trinajstić information content (AvgIpc) is 2.92. The predicted octanol–water partition coefficient (Wildman–Crippen LogP) is 5.41. The molecule has 3 nitrogen and oxygen atoms in total. The Morgan fingerprint density at radius 3 is 2.90 bits per heavy atom. The minimum absolute atomic E-state index is 0.0765. The Balaban J connectivity index is 2.14. The number of carbonyl (C=O) groups is 1. The fraction of sp³-hybridized carbons (Fsp3) is 0. The summed E-state index contributed by atoms with van der Waals surface area (Å²) in [6.45, 7) is 0. The molecule has 0 aliphatic rings. The van der Waals surface area contributed by atoms with Gasteiger partial charge in [-0.1, -0.05) is 27.5 Å². The lowest BCUT2D eigenvalue weighted by atomic mass is 10.1. The van der Waals surface area contributed by atoms with Gasteiger partial charge < -0.3 is 5.32 Å². The van der Waals surface area contributed by atoms with Crippen LogP contribution >= 0.6 is 38.9 Å². The van der Waals surface area contributed by atoms with E-state index in [0.717, 1.165) is 4.47 Å². The first kappa shape index (κ1) is 14.4. The van der Waals surface area contributed by atoms with Gasteiger partial charge in [0, 0.05) is 10.0 Å². The zero-order valence-corrected chi connectivity index (χ0v) is 13.5. The van der Waals surface area contributed by atoms with E-state index >= 15 is 0 Å². The molecule has 7 heteroatoms. The maximum Gasteiger partial charge on any atom is 0.174 e. The van der Waals surface area contributed by atoms with E-state index in [1.54, 1.807) is 29.8 Å². The van der Waals surface area contributed by atoms with Gasteiger partial charge in [-0.25, -0.2) is 9.37 Å². The second-order valence-corrected chi connectivity index (χ2v) is 6.43. The number of fused-ring (bicyclic) bond motifs is 1. The smallest absolute Gasteiger partial charge is 0.174 e. The third-order valence-corrected chi connectivity index (χ3v) is 4.50. The van der Waals surface area contributed by atoms with Crippen molar-refractivity contribution in [2.24, 2.45) is 0 Å². The van der Waals surface area contributed by atoms with E-state index in [9.17, 15) is 9.18 Å². The molecule has 1 N–H and O–H groups in total. The standard InChI is InChI=1S/C14H7BrClFN2OS/c15-8-1-2-10(9(16)4-8)19-13-7(5-20)3-11-14(12(13)17)18-6-21-11/h1-6,19H. The molecule has 0 bridgehead atoms. The quantitative estimate of drug-likeness (QED) is 0.613. The lowest BCUT2D eigenvalue weighted by molar-refractivity contribution is 0.112. The summed E-state index contributed by atoms with van der Waals surface area (Å²) in [5, 5.41) is 3.29. The Labute approximate surface area is 136 Å². The number of halogens is 3. The summed E-state index contributed by atoms with van der Waals surface area (Å²) >= 11 is 10.7. The van der Waals surface area contributed by atoms with Crippen molar-refractivity contribution in [3.05, 3.63) is 50.7 Å². The van der Waals surface area contributed by atoms with Crippen molar-refractivity contribution in [1.82, 2.24) is 4.98 Å². The lowest BCUT2D eigenvalue weighted by Crippen LogP contribution is -2.00. The van der Waals surface area contributed by atoms with Crippen molar-refractivity contribution in [1.29, 1.82) is 0 Å². The van der Waals surface area contributed by atoms with Crippen LogP contribution in [0.2, 0.25) is 5.02 Å². The number of hydrogen-bond donors (Lipinski definition) is 1. The molecule has 0 radical (unpaired) electrons. The number of aromatic nitrogens is 1. The maximum absolute atomic E-state index is 14.5. The van der Waals surface area contributed by atoms with E-state index in [0.29, 0.717) is 21.7 Å². The van der Waals surface area contributed by atoms with Crippen molar-refractivity contribution < 1.29 is 9.18 Å². The summed E-state index contributed by atoms with van der Waals surface area (Å²) in [6.07, 6.45) is 0.608. The van der Waals surface area contributed by atoms with Crippen molar-refractivity contribution >= 4 is 66.7 Å². The highest BCUT2D eigenvalue weighted by Crippen LogP contribution is 2.34. The van der Waals surface area contributed by atoms with Gasteiger partial charge in [-0.15, -0.1) is 11.3 Å². The first-order valence-corrected chi connectivity index (χ1v) is 7.88. The number of nitrogens with one attached hydrogen (secondary N) is 1. The SMILES string of the molecule is O=Cc1cc2scnc2c(F)c1Nc1ccc(Br)cc1Cl. The zero-order chi connectivity index (χ0) is 15.0. The first-order chi connectivity index (χ1) is 10.1. The maximum atomic E-state index is 14.5. The van der Waals surface area contributed by atoms with Gasteiger partial charge >= 0.3 is 0 Å². The van der Waals surface area contributed by atoms with Gasteiger partial charge in [0.15, 0.2) is 12.1 Å². The summed E-state index contributed by atoms with van der Waals surface area (Å²) in [4.78, 5) is 15.2. The largest absolute Gasteiger partial charge is 0.351 e. The summed E-state index contributed by atoms with van der Waals surface area (Å²) in [7, 11) is 0. The van der Waals surface area contributed by atoms with Gasteiger partial charge in [-0.3, -0.25) is 4.79 Å². The number of benzene rings is 2. The summed E-state index contributed by atoms with van der Waals surface area (Å²) in [5.41, 5.74) is 2.59. The lowest BCUT2D eigenvalue weighted by Gasteiger charge is -2.12. The van der Waals surface area contributed by atoms with Gasteiger partial charge in [0.05, 0.1) is 26.6 Å². The topological polar surface area (TPSA) is 42.0 Å². The van der Waals surface area contributed by atoms with Crippen LogP contribution in [0.15, 0.2) is 34.2 Å². The van der Waals surface area contributed by atoms with Crippen molar-refractivity contribution in [2.75, 3.05) is 5.32 Å². The molecule has 106 valence electrons. The number of nitrogens with zero attached hydrogens (tertiary/aromatic N) is 1. The minimum Gasteiger partial charge on any atom is -0.351 e. The minimum atomic E-state index is -0.560. The van der Waals surface area contributed by atoms with E-state index in [1.165, 1.54) is 11.3 Å². The highest BCUT2D eigenvalue weighted by atomic mass is 79.9. The second kappa shape index (κ2) is 5.71. The van der Waals surface area contributed by atoms with Gasteiger partial charge in [-0.2, -0.15) is 0 Å². The second-order valence-electron chi connectivity index (χ2n) is 4.22. The number of rotatable bonds is 3. The number of anilines is 2. The van der Waals surface area contributed by atoms with Gasteiger partial charge in [0.25, 0.3) is 0 Å². The van der Waals surface area contributed by atoms with Crippen LogP contribution in [0, 0.1) is 5.82 Å². The molecule has 0 unspecified atom stereocenters.